The number of pyridine rings is 1. The number of ether oxygens (including phenoxy) is 1. The van der Waals surface area contributed by atoms with E-state index in [-0.39, 0.29) is 11.9 Å². The Morgan fingerprint density at radius 1 is 1.33 bits per heavy atom. The topological polar surface area (TPSA) is 95.1 Å². The summed E-state index contributed by atoms with van der Waals surface area (Å²) in [6.45, 7) is 2.01. The van der Waals surface area contributed by atoms with Crippen LogP contribution in [0.15, 0.2) is 30.7 Å². The van der Waals surface area contributed by atoms with Gasteiger partial charge in [-0.15, -0.1) is 0 Å². The Bertz CT molecular complexity index is 800. The van der Waals surface area contributed by atoms with Gasteiger partial charge in [0.1, 0.15) is 0 Å². The molecular formula is C20H27N5O2. The van der Waals surface area contributed by atoms with Crippen LogP contribution in [-0.4, -0.2) is 33.8 Å². The van der Waals surface area contributed by atoms with E-state index in [0.29, 0.717) is 29.3 Å². The molecule has 2 aromatic rings. The number of anilines is 1. The van der Waals surface area contributed by atoms with Gasteiger partial charge in [0, 0.05) is 18.0 Å². The van der Waals surface area contributed by atoms with Gasteiger partial charge >= 0.3 is 0 Å². The summed E-state index contributed by atoms with van der Waals surface area (Å²) >= 11 is 0. The predicted molar refractivity (Wildman–Crippen MR) is 102 cm³/mol. The van der Waals surface area contributed by atoms with Gasteiger partial charge in [-0.3, -0.25) is 9.48 Å². The average Bonchev–Trinajstić information content (AvgIpc) is 3.62. The highest BCUT2D eigenvalue weighted by molar-refractivity contribution is 5.94. The van der Waals surface area contributed by atoms with Crippen LogP contribution in [0.2, 0.25) is 0 Å². The molecule has 4 rings (SSSR count). The van der Waals surface area contributed by atoms with Crippen LogP contribution in [0.1, 0.15) is 44.2 Å². The van der Waals surface area contributed by atoms with Gasteiger partial charge in [-0.25, -0.2) is 4.98 Å². The standard InChI is InChI=1S/C20H27N5O2/c1-12(16-4-3-9-22-20(16)27-2)25-11-15(10-23-25)24-19(26)18(21)17(13-5-6-13)14-7-8-14/h3-4,9-14,17-18H,5-8,21H2,1-2H3,(H,24,26)/t12-,18?/m0/s1. The number of hydrogen-bond acceptors (Lipinski definition) is 5. The van der Waals surface area contributed by atoms with Crippen LogP contribution in [0.25, 0.3) is 0 Å². The van der Waals surface area contributed by atoms with E-state index in [1.54, 1.807) is 24.2 Å². The van der Waals surface area contributed by atoms with Crippen molar-refractivity contribution in [1.29, 1.82) is 0 Å². The third-order valence-corrected chi connectivity index (χ3v) is 5.76. The molecule has 2 saturated carbocycles. The summed E-state index contributed by atoms with van der Waals surface area (Å²) < 4.78 is 7.13. The number of nitrogens with zero attached hydrogens (tertiary/aromatic N) is 3. The molecule has 3 N–H and O–H groups in total. The fourth-order valence-corrected chi connectivity index (χ4v) is 3.98. The van der Waals surface area contributed by atoms with E-state index in [9.17, 15) is 4.79 Å². The van der Waals surface area contributed by atoms with Gasteiger partial charge in [0.05, 0.1) is 31.1 Å². The van der Waals surface area contributed by atoms with E-state index in [1.165, 1.54) is 25.7 Å². The zero-order valence-electron chi connectivity index (χ0n) is 15.8. The summed E-state index contributed by atoms with van der Waals surface area (Å²) in [5.74, 6) is 2.08. The third kappa shape index (κ3) is 3.83. The molecule has 0 bridgehead atoms. The summed E-state index contributed by atoms with van der Waals surface area (Å²) in [6, 6.07) is 3.32. The summed E-state index contributed by atoms with van der Waals surface area (Å²) in [4.78, 5) is 16.9. The summed E-state index contributed by atoms with van der Waals surface area (Å²) in [5.41, 5.74) is 7.92. The zero-order chi connectivity index (χ0) is 19.0. The van der Waals surface area contributed by atoms with Gasteiger partial charge in [-0.2, -0.15) is 5.10 Å². The Balaban J connectivity index is 1.43. The third-order valence-electron chi connectivity index (χ3n) is 5.76. The van der Waals surface area contributed by atoms with Crippen molar-refractivity contribution >= 4 is 11.6 Å². The second-order valence-electron chi connectivity index (χ2n) is 7.75. The van der Waals surface area contributed by atoms with Gasteiger partial charge < -0.3 is 15.8 Å². The van der Waals surface area contributed by atoms with E-state index in [1.807, 2.05) is 25.3 Å². The summed E-state index contributed by atoms with van der Waals surface area (Å²) in [6.07, 6.45) is 10.0. The maximum atomic E-state index is 12.7. The first-order valence-electron chi connectivity index (χ1n) is 9.68. The van der Waals surface area contributed by atoms with E-state index in [2.05, 4.69) is 15.4 Å². The van der Waals surface area contributed by atoms with Crippen LogP contribution in [0, 0.1) is 17.8 Å². The molecule has 2 aliphatic rings. The fraction of sp³-hybridized carbons (Fsp3) is 0.550. The lowest BCUT2D eigenvalue weighted by molar-refractivity contribution is -0.118. The smallest absolute Gasteiger partial charge is 0.241 e. The maximum absolute atomic E-state index is 12.7. The molecule has 2 aliphatic carbocycles. The SMILES string of the molecule is COc1ncccc1[C@H](C)n1cc(NC(=O)C(N)C(C2CC2)C2CC2)cn1. The molecule has 1 amide bonds. The minimum atomic E-state index is -0.441. The molecule has 7 nitrogen and oxygen atoms in total. The predicted octanol–water partition coefficient (Wildman–Crippen LogP) is 2.60. The van der Waals surface area contributed by atoms with Gasteiger partial charge in [-0.1, -0.05) is 0 Å². The van der Waals surface area contributed by atoms with E-state index >= 15 is 0 Å². The lowest BCUT2D eigenvalue weighted by Crippen LogP contribution is -2.43. The van der Waals surface area contributed by atoms with Crippen molar-refractivity contribution in [2.45, 2.75) is 44.7 Å². The highest BCUT2D eigenvalue weighted by Gasteiger charge is 2.46. The Hall–Kier alpha value is -2.41. The number of carbonyl (C=O) groups is 1. The summed E-state index contributed by atoms with van der Waals surface area (Å²) in [7, 11) is 1.60. The van der Waals surface area contributed by atoms with E-state index in [0.717, 1.165) is 5.56 Å². The maximum Gasteiger partial charge on any atom is 0.241 e. The molecule has 0 spiro atoms. The molecule has 0 radical (unpaired) electrons. The first-order chi connectivity index (χ1) is 13.1. The number of carbonyl (C=O) groups excluding carboxylic acids is 1. The van der Waals surface area contributed by atoms with Gasteiger partial charge in [0.15, 0.2) is 0 Å². The van der Waals surface area contributed by atoms with Gasteiger partial charge in [0.25, 0.3) is 0 Å². The lowest BCUT2D eigenvalue weighted by atomic mass is 9.89. The highest BCUT2D eigenvalue weighted by atomic mass is 16.5. The van der Waals surface area contributed by atoms with Crippen molar-refractivity contribution in [3.05, 3.63) is 36.3 Å². The molecule has 2 fully saturated rings. The molecule has 27 heavy (non-hydrogen) atoms. The molecule has 144 valence electrons. The first kappa shape index (κ1) is 18.0. The van der Waals surface area contributed by atoms with Gasteiger partial charge in [0.2, 0.25) is 11.8 Å². The van der Waals surface area contributed by atoms with Crippen LogP contribution in [0.5, 0.6) is 5.88 Å². The van der Waals surface area contributed by atoms with Crippen molar-refractivity contribution in [3.63, 3.8) is 0 Å². The zero-order valence-corrected chi connectivity index (χ0v) is 15.8. The van der Waals surface area contributed by atoms with Crippen LogP contribution < -0.4 is 15.8 Å². The monoisotopic (exact) mass is 369 g/mol. The van der Waals surface area contributed by atoms with Crippen LogP contribution in [-0.2, 0) is 4.79 Å². The largest absolute Gasteiger partial charge is 0.481 e. The fourth-order valence-electron chi connectivity index (χ4n) is 3.98. The van der Waals surface area contributed by atoms with Crippen molar-refractivity contribution in [3.8, 4) is 5.88 Å². The number of aromatic nitrogens is 3. The molecule has 2 heterocycles. The number of rotatable bonds is 8. The first-order valence-corrected chi connectivity index (χ1v) is 9.68. The van der Waals surface area contributed by atoms with Crippen molar-refractivity contribution < 1.29 is 9.53 Å². The van der Waals surface area contributed by atoms with Gasteiger partial charge in [-0.05, 0) is 62.5 Å². The molecule has 2 aromatic heterocycles. The molecule has 0 aromatic carbocycles. The number of nitrogens with two attached hydrogens (primary N) is 1. The van der Waals surface area contributed by atoms with Crippen molar-refractivity contribution in [2.75, 3.05) is 12.4 Å². The Labute approximate surface area is 159 Å². The van der Waals surface area contributed by atoms with Crippen molar-refractivity contribution in [2.24, 2.45) is 23.5 Å². The van der Waals surface area contributed by atoms with E-state index in [4.69, 9.17) is 10.5 Å². The lowest BCUT2D eigenvalue weighted by Gasteiger charge is -2.22. The van der Waals surface area contributed by atoms with Crippen molar-refractivity contribution in [1.82, 2.24) is 14.8 Å². The normalized spacial score (nSPS) is 19.0. The second-order valence-corrected chi connectivity index (χ2v) is 7.75. The number of methoxy groups -OCH3 is 1. The van der Waals surface area contributed by atoms with Crippen LogP contribution in [0.4, 0.5) is 5.69 Å². The Kier molecular flexibility index (Phi) is 4.86. The minimum Gasteiger partial charge on any atom is -0.481 e. The Morgan fingerprint density at radius 2 is 2.04 bits per heavy atom. The highest BCUT2D eigenvalue weighted by Crippen LogP contribution is 2.50. The van der Waals surface area contributed by atoms with Crippen LogP contribution >= 0.6 is 0 Å². The molecule has 0 saturated heterocycles. The molecule has 0 aliphatic heterocycles. The molecular weight excluding hydrogens is 342 g/mol. The molecule has 1 unspecified atom stereocenters. The Morgan fingerprint density at radius 3 is 2.67 bits per heavy atom. The number of nitrogens with one attached hydrogen (secondary N) is 1. The quantitative estimate of drug-likeness (QED) is 0.746. The average molecular weight is 369 g/mol. The summed E-state index contributed by atoms with van der Waals surface area (Å²) in [5, 5.41) is 7.35. The minimum absolute atomic E-state index is 0.0707. The second kappa shape index (κ2) is 7.31. The van der Waals surface area contributed by atoms with Crippen LogP contribution in [0.3, 0.4) is 0 Å². The number of amides is 1. The number of hydrogen-bond donors (Lipinski definition) is 2. The molecule has 2 atom stereocenters. The molecule has 7 heteroatoms. The van der Waals surface area contributed by atoms with E-state index < -0.39 is 6.04 Å².